The van der Waals surface area contributed by atoms with Gasteiger partial charge in [-0.25, -0.2) is 4.98 Å². The van der Waals surface area contributed by atoms with Crippen molar-refractivity contribution in [1.82, 2.24) is 20.5 Å². The van der Waals surface area contributed by atoms with Crippen molar-refractivity contribution in [3.63, 3.8) is 0 Å². The Kier molecular flexibility index (Phi) is 9.03. The standard InChI is InChI=1S/C12H15N5OS.2ClH/c1-8-2-3-9(17-16-8)6-14-12(18)10-7-19-11(15-10)4-5-13;;/h2-3,7H,4-6,13H2,1H3,(H,14,18);2*1H. The first kappa shape index (κ1) is 19.7. The zero-order chi connectivity index (χ0) is 13.7. The summed E-state index contributed by atoms with van der Waals surface area (Å²) in [4.78, 5) is 16.1. The Hall–Kier alpha value is -1.28. The second kappa shape index (κ2) is 9.62. The van der Waals surface area contributed by atoms with Crippen molar-refractivity contribution >= 4 is 42.1 Å². The molecule has 0 bridgehead atoms. The minimum Gasteiger partial charge on any atom is -0.345 e. The summed E-state index contributed by atoms with van der Waals surface area (Å²) >= 11 is 1.45. The number of amides is 1. The number of hydrogen-bond donors (Lipinski definition) is 2. The highest BCUT2D eigenvalue weighted by Crippen LogP contribution is 2.10. The maximum atomic E-state index is 11.9. The summed E-state index contributed by atoms with van der Waals surface area (Å²) in [6.45, 7) is 2.74. The third-order valence-corrected chi connectivity index (χ3v) is 3.33. The predicted octanol–water partition coefficient (Wildman–Crippen LogP) is 1.52. The molecule has 2 aromatic rings. The molecule has 0 aliphatic heterocycles. The number of thiazole rings is 1. The van der Waals surface area contributed by atoms with Gasteiger partial charge in [0.05, 0.1) is 22.9 Å². The van der Waals surface area contributed by atoms with Gasteiger partial charge in [-0.05, 0) is 25.6 Å². The summed E-state index contributed by atoms with van der Waals surface area (Å²) in [5.41, 5.74) is 7.44. The first-order valence-corrected chi connectivity index (χ1v) is 6.79. The summed E-state index contributed by atoms with van der Waals surface area (Å²) < 4.78 is 0. The van der Waals surface area contributed by atoms with Gasteiger partial charge in [-0.1, -0.05) is 0 Å². The summed E-state index contributed by atoms with van der Waals surface area (Å²) in [6, 6.07) is 3.69. The van der Waals surface area contributed by atoms with E-state index in [9.17, 15) is 4.79 Å². The van der Waals surface area contributed by atoms with E-state index in [0.29, 0.717) is 25.2 Å². The normalized spacial score (nSPS) is 9.43. The summed E-state index contributed by atoms with van der Waals surface area (Å²) in [7, 11) is 0. The van der Waals surface area contributed by atoms with E-state index in [1.54, 1.807) is 5.38 Å². The highest BCUT2D eigenvalue weighted by molar-refractivity contribution is 7.09. The van der Waals surface area contributed by atoms with Crippen LogP contribution in [0.3, 0.4) is 0 Å². The van der Waals surface area contributed by atoms with Gasteiger partial charge in [0, 0.05) is 11.8 Å². The lowest BCUT2D eigenvalue weighted by Crippen LogP contribution is -2.23. The second-order valence-electron chi connectivity index (χ2n) is 4.01. The van der Waals surface area contributed by atoms with E-state index >= 15 is 0 Å². The number of aromatic nitrogens is 3. The van der Waals surface area contributed by atoms with Crippen LogP contribution in [-0.2, 0) is 13.0 Å². The van der Waals surface area contributed by atoms with E-state index in [1.165, 1.54) is 11.3 Å². The molecule has 0 spiro atoms. The SMILES string of the molecule is Cc1ccc(CNC(=O)c2csc(CCN)n2)nn1.Cl.Cl. The molecule has 1 amide bonds. The van der Waals surface area contributed by atoms with Crippen LogP contribution in [0, 0.1) is 6.92 Å². The van der Waals surface area contributed by atoms with E-state index in [4.69, 9.17) is 5.73 Å². The summed E-state index contributed by atoms with van der Waals surface area (Å²) in [5.74, 6) is -0.207. The third kappa shape index (κ3) is 5.92. The predicted molar refractivity (Wildman–Crippen MR) is 87.3 cm³/mol. The Bertz CT molecular complexity index is 561. The number of carbonyl (C=O) groups excluding carboxylic acids is 1. The van der Waals surface area contributed by atoms with Crippen LogP contribution >= 0.6 is 36.2 Å². The average molecular weight is 350 g/mol. The fraction of sp³-hybridized carbons (Fsp3) is 0.333. The second-order valence-corrected chi connectivity index (χ2v) is 4.96. The first-order valence-electron chi connectivity index (χ1n) is 5.91. The van der Waals surface area contributed by atoms with Crippen molar-refractivity contribution in [2.24, 2.45) is 5.73 Å². The number of carbonyl (C=O) groups is 1. The van der Waals surface area contributed by atoms with Crippen molar-refractivity contribution in [2.75, 3.05) is 6.54 Å². The van der Waals surface area contributed by atoms with Crippen LogP contribution in [0.25, 0.3) is 0 Å². The topological polar surface area (TPSA) is 93.8 Å². The van der Waals surface area contributed by atoms with Crippen molar-refractivity contribution in [2.45, 2.75) is 19.9 Å². The lowest BCUT2D eigenvalue weighted by molar-refractivity contribution is 0.0946. The molecule has 116 valence electrons. The minimum atomic E-state index is -0.207. The summed E-state index contributed by atoms with van der Waals surface area (Å²) in [6.07, 6.45) is 0.696. The van der Waals surface area contributed by atoms with E-state index in [1.807, 2.05) is 19.1 Å². The number of nitrogens with two attached hydrogens (primary N) is 1. The molecule has 2 heterocycles. The molecule has 21 heavy (non-hydrogen) atoms. The zero-order valence-electron chi connectivity index (χ0n) is 11.4. The van der Waals surface area contributed by atoms with Crippen LogP contribution in [0.15, 0.2) is 17.5 Å². The fourth-order valence-electron chi connectivity index (χ4n) is 1.44. The van der Waals surface area contributed by atoms with Gasteiger partial charge in [-0.3, -0.25) is 4.79 Å². The molecule has 0 unspecified atom stereocenters. The van der Waals surface area contributed by atoms with Crippen molar-refractivity contribution in [1.29, 1.82) is 0 Å². The molecule has 2 aromatic heterocycles. The molecule has 0 fully saturated rings. The number of aryl methyl sites for hydroxylation is 1. The van der Waals surface area contributed by atoms with Crippen LogP contribution in [0.5, 0.6) is 0 Å². The number of nitrogens with one attached hydrogen (secondary N) is 1. The molecule has 0 radical (unpaired) electrons. The van der Waals surface area contributed by atoms with E-state index in [0.717, 1.165) is 16.4 Å². The van der Waals surface area contributed by atoms with Crippen LogP contribution in [0.4, 0.5) is 0 Å². The molecular weight excluding hydrogens is 333 g/mol. The fourth-order valence-corrected chi connectivity index (χ4v) is 2.23. The smallest absolute Gasteiger partial charge is 0.271 e. The Balaban J connectivity index is 0.00000200. The zero-order valence-corrected chi connectivity index (χ0v) is 13.9. The number of nitrogens with zero attached hydrogens (tertiary/aromatic N) is 3. The first-order chi connectivity index (χ1) is 9.19. The molecule has 9 heteroatoms. The molecular formula is C12H17Cl2N5OS. The molecule has 0 aliphatic carbocycles. The summed E-state index contributed by atoms with van der Waals surface area (Å²) in [5, 5.41) is 13.3. The van der Waals surface area contributed by atoms with Crippen molar-refractivity contribution in [3.8, 4) is 0 Å². The monoisotopic (exact) mass is 349 g/mol. The van der Waals surface area contributed by atoms with Crippen LogP contribution in [-0.4, -0.2) is 27.6 Å². The lowest BCUT2D eigenvalue weighted by atomic mass is 10.3. The van der Waals surface area contributed by atoms with Gasteiger partial charge in [0.25, 0.3) is 5.91 Å². The Labute approximate surface area is 139 Å². The third-order valence-electron chi connectivity index (χ3n) is 2.43. The number of halogens is 2. The van der Waals surface area contributed by atoms with E-state index < -0.39 is 0 Å². The van der Waals surface area contributed by atoms with Gasteiger partial charge in [-0.2, -0.15) is 10.2 Å². The Morgan fingerprint density at radius 3 is 2.71 bits per heavy atom. The Morgan fingerprint density at radius 1 is 1.33 bits per heavy atom. The molecule has 0 aliphatic rings. The van der Waals surface area contributed by atoms with Gasteiger partial charge in [0.1, 0.15) is 5.69 Å². The minimum absolute atomic E-state index is 0. The number of hydrogen-bond acceptors (Lipinski definition) is 6. The Morgan fingerprint density at radius 2 is 2.10 bits per heavy atom. The average Bonchev–Trinajstić information content (AvgIpc) is 2.87. The highest BCUT2D eigenvalue weighted by Gasteiger charge is 2.10. The van der Waals surface area contributed by atoms with E-state index in [-0.39, 0.29) is 30.7 Å². The maximum Gasteiger partial charge on any atom is 0.271 e. The van der Waals surface area contributed by atoms with Gasteiger partial charge < -0.3 is 11.1 Å². The van der Waals surface area contributed by atoms with Crippen molar-refractivity contribution in [3.05, 3.63) is 39.6 Å². The van der Waals surface area contributed by atoms with Crippen LogP contribution < -0.4 is 11.1 Å². The van der Waals surface area contributed by atoms with Crippen molar-refractivity contribution < 1.29 is 4.79 Å². The molecule has 0 saturated heterocycles. The maximum absolute atomic E-state index is 11.9. The van der Waals surface area contributed by atoms with Crippen LogP contribution in [0.2, 0.25) is 0 Å². The van der Waals surface area contributed by atoms with E-state index in [2.05, 4.69) is 20.5 Å². The van der Waals surface area contributed by atoms with Crippen LogP contribution in [0.1, 0.15) is 26.9 Å². The molecule has 0 atom stereocenters. The quantitative estimate of drug-likeness (QED) is 0.853. The van der Waals surface area contributed by atoms with Gasteiger partial charge >= 0.3 is 0 Å². The number of rotatable bonds is 5. The molecule has 0 saturated carbocycles. The molecule has 3 N–H and O–H groups in total. The van der Waals surface area contributed by atoms with Gasteiger partial charge in [0.15, 0.2) is 0 Å². The van der Waals surface area contributed by atoms with Gasteiger partial charge in [-0.15, -0.1) is 36.2 Å². The van der Waals surface area contributed by atoms with Gasteiger partial charge in [0.2, 0.25) is 0 Å². The molecule has 2 rings (SSSR count). The molecule has 0 aromatic carbocycles. The molecule has 6 nitrogen and oxygen atoms in total. The largest absolute Gasteiger partial charge is 0.345 e. The lowest BCUT2D eigenvalue weighted by Gasteiger charge is -2.02. The highest BCUT2D eigenvalue weighted by atomic mass is 35.5.